The van der Waals surface area contributed by atoms with Crippen LogP contribution in [0.25, 0.3) is 0 Å². The Balaban J connectivity index is 2.09. The molecule has 0 amide bonds. The summed E-state index contributed by atoms with van der Waals surface area (Å²) in [7, 11) is 0. The Labute approximate surface area is 112 Å². The van der Waals surface area contributed by atoms with Gasteiger partial charge in [-0.3, -0.25) is 0 Å². The molecule has 2 N–H and O–H groups in total. The Morgan fingerprint density at radius 1 is 1.28 bits per heavy atom. The summed E-state index contributed by atoms with van der Waals surface area (Å²) in [6.07, 6.45) is 5.76. The molecule has 0 saturated heterocycles. The van der Waals surface area contributed by atoms with Crippen molar-refractivity contribution >= 4 is 11.8 Å². The van der Waals surface area contributed by atoms with Gasteiger partial charge in [-0.15, -0.1) is 11.8 Å². The van der Waals surface area contributed by atoms with Gasteiger partial charge in [0.25, 0.3) is 0 Å². The highest BCUT2D eigenvalue weighted by atomic mass is 32.2. The molecular weight excluding hydrogens is 246 g/mol. The molecule has 1 heterocycles. The molecule has 2 aliphatic rings. The van der Waals surface area contributed by atoms with E-state index in [1.807, 2.05) is 6.07 Å². The van der Waals surface area contributed by atoms with Crippen molar-refractivity contribution in [2.45, 2.75) is 29.6 Å². The van der Waals surface area contributed by atoms with Crippen LogP contribution in [0, 0.1) is 0 Å². The molecule has 0 aromatic heterocycles. The molecule has 0 unspecified atom stereocenters. The van der Waals surface area contributed by atoms with Gasteiger partial charge < -0.3 is 15.2 Å². The van der Waals surface area contributed by atoms with Gasteiger partial charge in [-0.1, -0.05) is 12.5 Å². The number of rotatable bonds is 3. The van der Waals surface area contributed by atoms with E-state index in [1.165, 1.54) is 29.7 Å². The van der Waals surface area contributed by atoms with Crippen molar-refractivity contribution < 1.29 is 9.47 Å². The highest BCUT2D eigenvalue weighted by Crippen LogP contribution is 2.51. The molecule has 1 aliphatic carbocycles. The van der Waals surface area contributed by atoms with E-state index in [-0.39, 0.29) is 5.41 Å². The Morgan fingerprint density at radius 3 is 2.67 bits per heavy atom. The first kappa shape index (κ1) is 12.2. The van der Waals surface area contributed by atoms with Crippen LogP contribution >= 0.6 is 11.8 Å². The Bertz CT molecular complexity index is 452. The lowest BCUT2D eigenvalue weighted by molar-refractivity contribution is 0.164. The minimum absolute atomic E-state index is 0.175. The van der Waals surface area contributed by atoms with Crippen LogP contribution in [0.5, 0.6) is 11.5 Å². The molecule has 0 spiro atoms. The van der Waals surface area contributed by atoms with E-state index in [0.717, 1.165) is 18.0 Å². The summed E-state index contributed by atoms with van der Waals surface area (Å²) in [6, 6.07) is 4.23. The molecule has 4 heteroatoms. The van der Waals surface area contributed by atoms with Crippen molar-refractivity contribution in [2.75, 3.05) is 26.0 Å². The standard InChI is InChI=1S/C14H19NO2S/c1-18-13-10(14(9-15)5-2-6-14)3-4-11-12(13)17-8-7-16-11/h3-4H,2,5-9,15H2,1H3. The maximum atomic E-state index is 6.02. The van der Waals surface area contributed by atoms with E-state index in [2.05, 4.69) is 12.3 Å². The first-order valence-electron chi connectivity index (χ1n) is 6.48. The number of hydrogen-bond donors (Lipinski definition) is 1. The largest absolute Gasteiger partial charge is 0.486 e. The van der Waals surface area contributed by atoms with E-state index < -0.39 is 0 Å². The minimum atomic E-state index is 0.175. The van der Waals surface area contributed by atoms with Crippen LogP contribution in [-0.2, 0) is 5.41 Å². The maximum Gasteiger partial charge on any atom is 0.175 e. The zero-order valence-corrected chi connectivity index (χ0v) is 11.5. The van der Waals surface area contributed by atoms with E-state index in [9.17, 15) is 0 Å². The quantitative estimate of drug-likeness (QED) is 0.853. The molecule has 1 aliphatic heterocycles. The molecule has 1 fully saturated rings. The molecule has 18 heavy (non-hydrogen) atoms. The average Bonchev–Trinajstić information content (AvgIpc) is 2.37. The third-order valence-corrected chi connectivity index (χ3v) is 4.95. The average molecular weight is 265 g/mol. The molecule has 0 atom stereocenters. The van der Waals surface area contributed by atoms with Gasteiger partial charge in [0.2, 0.25) is 0 Å². The summed E-state index contributed by atoms with van der Waals surface area (Å²) in [5.41, 5.74) is 7.55. The lowest BCUT2D eigenvalue weighted by Gasteiger charge is -2.43. The van der Waals surface area contributed by atoms with Gasteiger partial charge >= 0.3 is 0 Å². The van der Waals surface area contributed by atoms with Crippen LogP contribution in [-0.4, -0.2) is 26.0 Å². The lowest BCUT2D eigenvalue weighted by atomic mass is 9.64. The number of fused-ring (bicyclic) bond motifs is 1. The van der Waals surface area contributed by atoms with Gasteiger partial charge in [0.1, 0.15) is 13.2 Å². The molecule has 98 valence electrons. The van der Waals surface area contributed by atoms with Gasteiger partial charge in [0.05, 0.1) is 4.90 Å². The summed E-state index contributed by atoms with van der Waals surface area (Å²) in [6.45, 7) is 2.00. The predicted molar refractivity (Wildman–Crippen MR) is 73.8 cm³/mol. The fourth-order valence-corrected chi connectivity index (χ4v) is 3.75. The molecule has 0 radical (unpaired) electrons. The molecule has 1 saturated carbocycles. The fourth-order valence-electron chi connectivity index (χ4n) is 2.90. The number of nitrogens with two attached hydrogens (primary N) is 1. The third-order valence-electron chi connectivity index (χ3n) is 4.14. The van der Waals surface area contributed by atoms with Gasteiger partial charge in [0, 0.05) is 12.0 Å². The maximum absolute atomic E-state index is 6.02. The topological polar surface area (TPSA) is 44.5 Å². The first-order chi connectivity index (χ1) is 8.80. The fraction of sp³-hybridized carbons (Fsp3) is 0.571. The summed E-state index contributed by atoms with van der Waals surface area (Å²) >= 11 is 1.74. The third kappa shape index (κ3) is 1.70. The van der Waals surface area contributed by atoms with Crippen LogP contribution in [0.4, 0.5) is 0 Å². The highest BCUT2D eigenvalue weighted by molar-refractivity contribution is 7.98. The highest BCUT2D eigenvalue weighted by Gasteiger charge is 2.40. The molecule has 3 nitrogen and oxygen atoms in total. The number of hydrogen-bond acceptors (Lipinski definition) is 4. The van der Waals surface area contributed by atoms with E-state index in [4.69, 9.17) is 15.2 Å². The van der Waals surface area contributed by atoms with Crippen molar-refractivity contribution in [3.05, 3.63) is 17.7 Å². The van der Waals surface area contributed by atoms with E-state index in [0.29, 0.717) is 13.2 Å². The SMILES string of the molecule is CSc1c(C2(CN)CCC2)ccc2c1OCCO2. The molecular formula is C14H19NO2S. The van der Waals surface area contributed by atoms with Crippen molar-refractivity contribution in [1.29, 1.82) is 0 Å². The monoisotopic (exact) mass is 265 g/mol. The zero-order valence-electron chi connectivity index (χ0n) is 10.7. The van der Waals surface area contributed by atoms with Crippen molar-refractivity contribution in [3.8, 4) is 11.5 Å². The predicted octanol–water partition coefficient (Wildman–Crippen LogP) is 2.56. The Morgan fingerprint density at radius 2 is 2.06 bits per heavy atom. The number of benzene rings is 1. The second-order valence-electron chi connectivity index (χ2n) is 5.01. The Kier molecular flexibility index (Phi) is 3.16. The second-order valence-corrected chi connectivity index (χ2v) is 5.83. The number of ether oxygens (including phenoxy) is 2. The summed E-state index contributed by atoms with van der Waals surface area (Å²) in [5, 5.41) is 0. The smallest absolute Gasteiger partial charge is 0.175 e. The van der Waals surface area contributed by atoms with Gasteiger partial charge in [-0.05, 0) is 30.7 Å². The van der Waals surface area contributed by atoms with Crippen LogP contribution in [0.15, 0.2) is 17.0 Å². The van der Waals surface area contributed by atoms with Crippen LogP contribution in [0.3, 0.4) is 0 Å². The molecule has 1 aromatic carbocycles. The summed E-state index contributed by atoms with van der Waals surface area (Å²) in [5.74, 6) is 1.80. The van der Waals surface area contributed by atoms with Crippen molar-refractivity contribution in [2.24, 2.45) is 5.73 Å². The van der Waals surface area contributed by atoms with Crippen LogP contribution < -0.4 is 15.2 Å². The van der Waals surface area contributed by atoms with Crippen molar-refractivity contribution in [3.63, 3.8) is 0 Å². The number of thioether (sulfide) groups is 1. The normalized spacial score (nSPS) is 20.3. The van der Waals surface area contributed by atoms with Crippen LogP contribution in [0.2, 0.25) is 0 Å². The molecule has 3 rings (SSSR count). The molecule has 0 bridgehead atoms. The second kappa shape index (κ2) is 4.67. The minimum Gasteiger partial charge on any atom is -0.486 e. The lowest BCUT2D eigenvalue weighted by Crippen LogP contribution is -2.42. The van der Waals surface area contributed by atoms with Gasteiger partial charge in [0.15, 0.2) is 11.5 Å². The first-order valence-corrected chi connectivity index (χ1v) is 7.70. The van der Waals surface area contributed by atoms with Crippen molar-refractivity contribution in [1.82, 2.24) is 0 Å². The Hall–Kier alpha value is -0.870. The van der Waals surface area contributed by atoms with E-state index >= 15 is 0 Å². The summed E-state index contributed by atoms with van der Waals surface area (Å²) < 4.78 is 11.5. The molecule has 1 aromatic rings. The van der Waals surface area contributed by atoms with Crippen LogP contribution in [0.1, 0.15) is 24.8 Å². The van der Waals surface area contributed by atoms with E-state index in [1.54, 1.807) is 11.8 Å². The van der Waals surface area contributed by atoms with Gasteiger partial charge in [-0.2, -0.15) is 0 Å². The zero-order chi connectivity index (χ0) is 12.6. The summed E-state index contributed by atoms with van der Waals surface area (Å²) in [4.78, 5) is 1.22. The van der Waals surface area contributed by atoms with Gasteiger partial charge in [-0.25, -0.2) is 0 Å².